The predicted molar refractivity (Wildman–Crippen MR) is 46.9 cm³/mol. The number of ether oxygens (including phenoxy) is 1. The first-order chi connectivity index (χ1) is 5.74. The molecule has 1 saturated heterocycles. The van der Waals surface area contributed by atoms with E-state index >= 15 is 0 Å². The molecule has 0 saturated carbocycles. The van der Waals surface area contributed by atoms with Crippen LogP contribution in [0.3, 0.4) is 0 Å². The second kappa shape index (κ2) is 4.77. The number of rotatable bonds is 2. The fourth-order valence-corrected chi connectivity index (χ4v) is 1.37. The van der Waals surface area contributed by atoms with Crippen molar-refractivity contribution < 1.29 is 9.84 Å². The minimum Gasteiger partial charge on any atom is -0.389 e. The second-order valence-corrected chi connectivity index (χ2v) is 3.31. The van der Waals surface area contributed by atoms with Gasteiger partial charge in [0, 0.05) is 25.7 Å². The highest BCUT2D eigenvalue weighted by Gasteiger charge is 2.19. The Morgan fingerprint density at radius 2 is 2.50 bits per heavy atom. The lowest BCUT2D eigenvalue weighted by Gasteiger charge is -2.26. The average Bonchev–Trinajstić information content (AvgIpc) is 2.28. The van der Waals surface area contributed by atoms with Crippen molar-refractivity contribution in [3.8, 4) is 0 Å². The van der Waals surface area contributed by atoms with Gasteiger partial charge in [-0.25, -0.2) is 0 Å². The molecule has 4 nitrogen and oxygen atoms in total. The zero-order chi connectivity index (χ0) is 8.97. The maximum atomic E-state index is 9.40. The fraction of sp³-hybridized carbons (Fsp3) is 1.00. The van der Waals surface area contributed by atoms with Crippen molar-refractivity contribution in [1.82, 2.24) is 4.90 Å². The Kier molecular flexibility index (Phi) is 3.94. The number of aliphatic hydroxyl groups excluding tert-OH is 1. The molecule has 0 radical (unpaired) electrons. The monoisotopic (exact) mass is 174 g/mol. The molecule has 0 amide bonds. The summed E-state index contributed by atoms with van der Waals surface area (Å²) in [5.41, 5.74) is 5.54. The van der Waals surface area contributed by atoms with Crippen molar-refractivity contribution in [1.29, 1.82) is 0 Å². The lowest BCUT2D eigenvalue weighted by Crippen LogP contribution is -2.42. The molecule has 1 heterocycles. The minimum absolute atomic E-state index is 0.335. The van der Waals surface area contributed by atoms with E-state index in [1.807, 2.05) is 0 Å². The summed E-state index contributed by atoms with van der Waals surface area (Å²) in [5.74, 6) is 0. The van der Waals surface area contributed by atoms with E-state index in [1.54, 1.807) is 0 Å². The maximum Gasteiger partial charge on any atom is 0.0900 e. The molecule has 1 aliphatic heterocycles. The van der Waals surface area contributed by atoms with Gasteiger partial charge in [0.05, 0.1) is 19.3 Å². The summed E-state index contributed by atoms with van der Waals surface area (Å²) in [5, 5.41) is 9.40. The van der Waals surface area contributed by atoms with Gasteiger partial charge >= 0.3 is 0 Å². The van der Waals surface area contributed by atoms with Gasteiger partial charge in [0.2, 0.25) is 0 Å². The van der Waals surface area contributed by atoms with Crippen LogP contribution in [-0.4, -0.2) is 55.0 Å². The van der Waals surface area contributed by atoms with Gasteiger partial charge in [0.1, 0.15) is 0 Å². The van der Waals surface area contributed by atoms with Crippen LogP contribution in [0.5, 0.6) is 0 Å². The molecule has 2 unspecified atom stereocenters. The van der Waals surface area contributed by atoms with E-state index < -0.39 is 0 Å². The standard InChI is InChI=1S/C8H18N2O2/c1-7(4-9)10-2-3-12-6-8(11)5-10/h7-8,11H,2-6,9H2,1H3. The first-order valence-electron chi connectivity index (χ1n) is 4.44. The molecule has 1 fully saturated rings. The highest BCUT2D eigenvalue weighted by Crippen LogP contribution is 2.03. The molecule has 0 aliphatic carbocycles. The van der Waals surface area contributed by atoms with E-state index in [0.29, 0.717) is 32.3 Å². The molecular formula is C8H18N2O2. The van der Waals surface area contributed by atoms with Crippen LogP contribution in [0.15, 0.2) is 0 Å². The van der Waals surface area contributed by atoms with E-state index in [9.17, 15) is 5.11 Å². The van der Waals surface area contributed by atoms with Crippen LogP contribution >= 0.6 is 0 Å². The van der Waals surface area contributed by atoms with Crippen molar-refractivity contribution >= 4 is 0 Å². The lowest BCUT2D eigenvalue weighted by molar-refractivity contribution is 0.0550. The Balaban J connectivity index is 2.40. The van der Waals surface area contributed by atoms with Crippen LogP contribution in [0.2, 0.25) is 0 Å². The van der Waals surface area contributed by atoms with Gasteiger partial charge in [-0.2, -0.15) is 0 Å². The number of β-amino-alcohol motifs (C(OH)–C–C–N with tert-alkyl or cyclic N) is 1. The second-order valence-electron chi connectivity index (χ2n) is 3.31. The quantitative estimate of drug-likeness (QED) is 0.565. The highest BCUT2D eigenvalue weighted by molar-refractivity contribution is 4.73. The Morgan fingerprint density at radius 1 is 1.75 bits per heavy atom. The Bertz CT molecular complexity index is 132. The van der Waals surface area contributed by atoms with E-state index in [-0.39, 0.29) is 6.10 Å². The minimum atomic E-state index is -0.360. The van der Waals surface area contributed by atoms with Gasteiger partial charge in [-0.3, -0.25) is 4.90 Å². The highest BCUT2D eigenvalue weighted by atomic mass is 16.5. The van der Waals surface area contributed by atoms with Crippen LogP contribution in [0.4, 0.5) is 0 Å². The van der Waals surface area contributed by atoms with Crippen LogP contribution in [0.1, 0.15) is 6.92 Å². The molecule has 0 aromatic carbocycles. The van der Waals surface area contributed by atoms with Crippen LogP contribution in [-0.2, 0) is 4.74 Å². The molecule has 0 aromatic heterocycles. The topological polar surface area (TPSA) is 58.7 Å². The largest absolute Gasteiger partial charge is 0.389 e. The molecule has 0 spiro atoms. The SMILES string of the molecule is CC(CN)N1CCOCC(O)C1. The molecular weight excluding hydrogens is 156 g/mol. The normalized spacial score (nSPS) is 29.8. The Labute approximate surface area is 73.3 Å². The van der Waals surface area contributed by atoms with Gasteiger partial charge < -0.3 is 15.6 Å². The molecule has 4 heteroatoms. The van der Waals surface area contributed by atoms with Gasteiger partial charge in [-0.1, -0.05) is 0 Å². The number of aliphatic hydroxyl groups is 1. The van der Waals surface area contributed by atoms with Crippen molar-refractivity contribution in [2.24, 2.45) is 5.73 Å². The molecule has 1 aliphatic rings. The summed E-state index contributed by atoms with van der Waals surface area (Å²) in [6.07, 6.45) is -0.360. The Morgan fingerprint density at radius 3 is 3.17 bits per heavy atom. The van der Waals surface area contributed by atoms with Gasteiger partial charge in [0.25, 0.3) is 0 Å². The summed E-state index contributed by atoms with van der Waals surface area (Å²) in [4.78, 5) is 2.16. The van der Waals surface area contributed by atoms with Gasteiger partial charge in [-0.15, -0.1) is 0 Å². The third-order valence-electron chi connectivity index (χ3n) is 2.24. The number of hydrogen-bond donors (Lipinski definition) is 2. The fourth-order valence-electron chi connectivity index (χ4n) is 1.37. The third kappa shape index (κ3) is 2.71. The first-order valence-corrected chi connectivity index (χ1v) is 4.44. The number of nitrogens with zero attached hydrogens (tertiary/aromatic N) is 1. The molecule has 12 heavy (non-hydrogen) atoms. The van der Waals surface area contributed by atoms with Crippen molar-refractivity contribution in [2.45, 2.75) is 19.1 Å². The predicted octanol–water partition coefficient (Wildman–Crippen LogP) is -0.973. The zero-order valence-electron chi connectivity index (χ0n) is 7.57. The molecule has 2 atom stereocenters. The van der Waals surface area contributed by atoms with Crippen LogP contribution in [0, 0.1) is 0 Å². The van der Waals surface area contributed by atoms with Crippen LogP contribution < -0.4 is 5.73 Å². The smallest absolute Gasteiger partial charge is 0.0900 e. The summed E-state index contributed by atoms with van der Waals surface area (Å²) >= 11 is 0. The molecule has 3 N–H and O–H groups in total. The first kappa shape index (κ1) is 9.92. The summed E-state index contributed by atoms with van der Waals surface area (Å²) in [7, 11) is 0. The summed E-state index contributed by atoms with van der Waals surface area (Å²) in [6.45, 7) is 5.40. The number of hydrogen-bond acceptors (Lipinski definition) is 4. The van der Waals surface area contributed by atoms with Gasteiger partial charge in [0.15, 0.2) is 0 Å². The van der Waals surface area contributed by atoms with E-state index in [4.69, 9.17) is 10.5 Å². The molecule has 0 aromatic rings. The summed E-state index contributed by atoms with van der Waals surface area (Å²) < 4.78 is 5.20. The molecule has 0 bridgehead atoms. The van der Waals surface area contributed by atoms with Crippen molar-refractivity contribution in [3.05, 3.63) is 0 Å². The van der Waals surface area contributed by atoms with Crippen molar-refractivity contribution in [2.75, 3.05) is 32.8 Å². The van der Waals surface area contributed by atoms with E-state index in [0.717, 1.165) is 6.54 Å². The van der Waals surface area contributed by atoms with E-state index in [1.165, 1.54) is 0 Å². The third-order valence-corrected chi connectivity index (χ3v) is 2.24. The average molecular weight is 174 g/mol. The molecule has 1 rings (SSSR count). The van der Waals surface area contributed by atoms with Crippen molar-refractivity contribution in [3.63, 3.8) is 0 Å². The van der Waals surface area contributed by atoms with Gasteiger partial charge in [-0.05, 0) is 6.92 Å². The summed E-state index contributed by atoms with van der Waals surface area (Å²) in [6, 6.07) is 0.335. The lowest BCUT2D eigenvalue weighted by atomic mass is 10.2. The van der Waals surface area contributed by atoms with E-state index in [2.05, 4.69) is 11.8 Å². The zero-order valence-corrected chi connectivity index (χ0v) is 7.57. The maximum absolute atomic E-state index is 9.40. The van der Waals surface area contributed by atoms with Crippen LogP contribution in [0.25, 0.3) is 0 Å². The molecule has 72 valence electrons. The number of nitrogens with two attached hydrogens (primary N) is 1. The Hall–Kier alpha value is -0.160.